The Labute approximate surface area is 124 Å². The van der Waals surface area contributed by atoms with E-state index in [1.54, 1.807) is 18.2 Å². The number of nitrogens with zero attached hydrogens (tertiary/aromatic N) is 2. The second kappa shape index (κ2) is 5.68. The Balaban J connectivity index is 2.66. The minimum atomic E-state index is -0.857. The average Bonchev–Trinajstić information content (AvgIpc) is 2.59. The van der Waals surface area contributed by atoms with Gasteiger partial charge in [0.15, 0.2) is 0 Å². The summed E-state index contributed by atoms with van der Waals surface area (Å²) < 4.78 is 1.41. The summed E-state index contributed by atoms with van der Waals surface area (Å²) in [5, 5.41) is 2.30. The zero-order chi connectivity index (χ0) is 16.4. The van der Waals surface area contributed by atoms with Crippen molar-refractivity contribution < 1.29 is 4.79 Å². The van der Waals surface area contributed by atoms with E-state index in [1.807, 2.05) is 0 Å². The van der Waals surface area contributed by atoms with E-state index in [-0.39, 0.29) is 5.56 Å². The molecule has 8 nitrogen and oxygen atoms in total. The molecule has 1 heterocycles. The molecule has 0 fully saturated rings. The Morgan fingerprint density at radius 2 is 1.55 bits per heavy atom. The van der Waals surface area contributed by atoms with Gasteiger partial charge in [-0.2, -0.15) is 0 Å². The van der Waals surface area contributed by atoms with Crippen LogP contribution >= 0.6 is 0 Å². The second-order valence-corrected chi connectivity index (χ2v) is 4.62. The van der Waals surface area contributed by atoms with Crippen molar-refractivity contribution in [2.75, 3.05) is 11.1 Å². The van der Waals surface area contributed by atoms with Crippen molar-refractivity contribution in [1.29, 1.82) is 0 Å². The van der Waals surface area contributed by atoms with Crippen molar-refractivity contribution in [3.8, 4) is 0 Å². The molecule has 0 saturated carbocycles. The van der Waals surface area contributed by atoms with E-state index in [0.29, 0.717) is 9.13 Å². The Hall–Kier alpha value is -3.16. The summed E-state index contributed by atoms with van der Waals surface area (Å²) in [6, 6.07) is 8.10. The highest BCUT2D eigenvalue weighted by Crippen LogP contribution is 2.08. The first-order valence-corrected chi connectivity index (χ1v) is 6.30. The first-order chi connectivity index (χ1) is 10.3. The van der Waals surface area contributed by atoms with Crippen LogP contribution in [-0.2, 0) is 14.1 Å². The van der Waals surface area contributed by atoms with Gasteiger partial charge in [-0.3, -0.25) is 23.5 Å². The predicted molar refractivity (Wildman–Crippen MR) is 82.0 cm³/mol. The van der Waals surface area contributed by atoms with Gasteiger partial charge in [0, 0.05) is 19.7 Å². The third kappa shape index (κ3) is 2.53. The Morgan fingerprint density at radius 1 is 1.00 bits per heavy atom. The topological polar surface area (TPSA) is 116 Å². The fourth-order valence-electron chi connectivity index (χ4n) is 1.87. The number of carbonyl (C=O) groups excluding carboxylic acids is 1. The third-order valence-corrected chi connectivity index (χ3v) is 3.17. The van der Waals surface area contributed by atoms with Crippen LogP contribution in [0.1, 0.15) is 10.4 Å². The molecule has 8 heteroatoms. The number of nitrogens with two attached hydrogens (primary N) is 1. The monoisotopic (exact) mass is 302 g/mol. The fourth-order valence-corrected chi connectivity index (χ4v) is 1.87. The van der Waals surface area contributed by atoms with Crippen LogP contribution in [0.5, 0.6) is 0 Å². The van der Waals surface area contributed by atoms with Gasteiger partial charge in [-0.05, 0) is 12.1 Å². The molecule has 114 valence electrons. The number of hydrogen-bond acceptors (Lipinski definition) is 5. The van der Waals surface area contributed by atoms with Crippen molar-refractivity contribution in [3.05, 3.63) is 67.1 Å². The van der Waals surface area contributed by atoms with Crippen LogP contribution in [-0.4, -0.2) is 15.0 Å². The van der Waals surface area contributed by atoms with Crippen molar-refractivity contribution in [1.82, 2.24) is 9.13 Å². The summed E-state index contributed by atoms with van der Waals surface area (Å²) in [4.78, 5) is 48.1. The highest BCUT2D eigenvalue weighted by atomic mass is 16.2. The maximum absolute atomic E-state index is 12.2. The molecule has 22 heavy (non-hydrogen) atoms. The molecular formula is C14H14N4O4. The Morgan fingerprint density at radius 3 is 2.14 bits per heavy atom. The van der Waals surface area contributed by atoms with Crippen LogP contribution in [0.3, 0.4) is 0 Å². The minimum absolute atomic E-state index is 0.287. The average molecular weight is 302 g/mol. The zero-order valence-corrected chi connectivity index (χ0v) is 12.0. The van der Waals surface area contributed by atoms with Crippen molar-refractivity contribution in [2.24, 2.45) is 14.1 Å². The van der Waals surface area contributed by atoms with E-state index in [1.165, 1.54) is 26.2 Å². The third-order valence-electron chi connectivity index (χ3n) is 3.17. The molecule has 1 aromatic heterocycles. The largest absolute Gasteiger partial charge is 0.392 e. The fraction of sp³-hybridized carbons (Fsp3) is 0.143. The van der Waals surface area contributed by atoms with Gasteiger partial charge < -0.3 is 11.1 Å². The van der Waals surface area contributed by atoms with E-state index in [2.05, 4.69) is 5.32 Å². The van der Waals surface area contributed by atoms with Crippen molar-refractivity contribution in [3.63, 3.8) is 0 Å². The lowest BCUT2D eigenvalue weighted by Gasteiger charge is -2.04. The molecule has 2 aromatic rings. The Bertz CT molecular complexity index is 913. The number of benzene rings is 1. The van der Waals surface area contributed by atoms with E-state index in [4.69, 9.17) is 5.73 Å². The molecule has 1 amide bonds. The standard InChI is InChI=1S/C14H14N4O4/c1-17-12(20)9(15)10(13(21)18(2)14(17)22)16-11(19)8-6-4-3-5-7-8/h3-7H,15H2,1-2H3,(H,16,19). The molecule has 0 aliphatic rings. The SMILES string of the molecule is Cn1c(=O)c(N)c(NC(=O)c2ccccc2)c(=O)n(C)c1=O. The number of rotatable bonds is 2. The number of hydrogen-bond donors (Lipinski definition) is 2. The van der Waals surface area contributed by atoms with E-state index in [9.17, 15) is 19.2 Å². The van der Waals surface area contributed by atoms with Gasteiger partial charge in [-0.15, -0.1) is 0 Å². The van der Waals surface area contributed by atoms with Crippen molar-refractivity contribution >= 4 is 17.3 Å². The van der Waals surface area contributed by atoms with Gasteiger partial charge in [0.05, 0.1) is 0 Å². The molecule has 0 spiro atoms. The number of carbonyl (C=O) groups is 1. The van der Waals surface area contributed by atoms with Gasteiger partial charge in [0.1, 0.15) is 11.4 Å². The van der Waals surface area contributed by atoms with Crippen LogP contribution < -0.4 is 27.9 Å². The number of anilines is 2. The molecule has 0 atom stereocenters. The lowest BCUT2D eigenvalue weighted by Crippen LogP contribution is -2.36. The highest BCUT2D eigenvalue weighted by Gasteiger charge is 2.16. The molecule has 0 aliphatic heterocycles. The Kier molecular flexibility index (Phi) is 3.93. The predicted octanol–water partition coefficient (Wildman–Crippen LogP) is -0.721. The summed E-state index contributed by atoms with van der Waals surface area (Å²) >= 11 is 0. The molecular weight excluding hydrogens is 288 g/mol. The van der Waals surface area contributed by atoms with Crippen LogP contribution in [0.4, 0.5) is 11.4 Å². The summed E-state index contributed by atoms with van der Waals surface area (Å²) in [5.41, 5.74) is 2.46. The number of amides is 1. The first-order valence-electron chi connectivity index (χ1n) is 6.30. The number of nitrogens with one attached hydrogen (secondary N) is 1. The van der Waals surface area contributed by atoms with E-state index < -0.39 is 34.1 Å². The van der Waals surface area contributed by atoms with Crippen LogP contribution in [0.15, 0.2) is 44.7 Å². The van der Waals surface area contributed by atoms with Crippen molar-refractivity contribution in [2.45, 2.75) is 0 Å². The molecule has 0 unspecified atom stereocenters. The minimum Gasteiger partial charge on any atom is -0.392 e. The quantitative estimate of drug-likeness (QED) is 0.759. The molecule has 3 N–H and O–H groups in total. The van der Waals surface area contributed by atoms with E-state index in [0.717, 1.165) is 0 Å². The van der Waals surface area contributed by atoms with Gasteiger partial charge in [0.25, 0.3) is 17.0 Å². The van der Waals surface area contributed by atoms with Crippen LogP contribution in [0.25, 0.3) is 0 Å². The molecule has 0 bridgehead atoms. The molecule has 1 aromatic carbocycles. The van der Waals surface area contributed by atoms with Gasteiger partial charge in [-0.1, -0.05) is 18.2 Å². The number of nitrogen functional groups attached to an aromatic ring is 1. The summed E-state index contributed by atoms with van der Waals surface area (Å²) in [7, 11) is 2.39. The zero-order valence-electron chi connectivity index (χ0n) is 12.0. The van der Waals surface area contributed by atoms with Crippen LogP contribution in [0.2, 0.25) is 0 Å². The normalized spacial score (nSPS) is 10.3. The second-order valence-electron chi connectivity index (χ2n) is 4.62. The molecule has 0 radical (unpaired) electrons. The summed E-state index contributed by atoms with van der Waals surface area (Å²) in [6.07, 6.45) is 0. The highest BCUT2D eigenvalue weighted by molar-refractivity contribution is 6.05. The smallest absolute Gasteiger partial charge is 0.333 e. The van der Waals surface area contributed by atoms with Gasteiger partial charge in [0.2, 0.25) is 0 Å². The summed E-state index contributed by atoms with van der Waals surface area (Å²) in [6.45, 7) is 0. The molecule has 0 aliphatic carbocycles. The van der Waals surface area contributed by atoms with Crippen LogP contribution in [0, 0.1) is 0 Å². The van der Waals surface area contributed by atoms with Gasteiger partial charge >= 0.3 is 5.69 Å². The summed E-state index contributed by atoms with van der Waals surface area (Å²) in [5.74, 6) is -0.606. The lowest BCUT2D eigenvalue weighted by molar-refractivity contribution is 0.102. The lowest BCUT2D eigenvalue weighted by atomic mass is 10.2. The number of aromatic nitrogens is 2. The molecule has 0 saturated heterocycles. The molecule has 2 rings (SSSR count). The maximum Gasteiger partial charge on any atom is 0.333 e. The first kappa shape index (κ1) is 15.2. The van der Waals surface area contributed by atoms with E-state index >= 15 is 0 Å². The maximum atomic E-state index is 12.2. The van der Waals surface area contributed by atoms with Gasteiger partial charge in [-0.25, -0.2) is 4.79 Å².